The first-order chi connectivity index (χ1) is 10.4. The number of hydrogen-bond donors (Lipinski definition) is 0. The van der Waals surface area contributed by atoms with Crippen LogP contribution in [-0.2, 0) is 0 Å². The fourth-order valence-electron chi connectivity index (χ4n) is 2.52. The molecule has 0 amide bonds. The number of rotatable bonds is 7. The average molecular weight is 296 g/mol. The maximum atomic E-state index is 4.19. The molecule has 0 aliphatic rings. The highest BCUT2D eigenvalue weighted by atomic mass is 15.3. The highest BCUT2D eigenvalue weighted by molar-refractivity contribution is 5.59. The van der Waals surface area contributed by atoms with Crippen LogP contribution in [0.5, 0.6) is 0 Å². The number of para-hydroxylation sites is 1. The van der Waals surface area contributed by atoms with E-state index in [1.165, 1.54) is 11.3 Å². The molecule has 2 nitrogen and oxygen atoms in total. The van der Waals surface area contributed by atoms with Crippen LogP contribution in [0.2, 0.25) is 0 Å². The van der Waals surface area contributed by atoms with E-state index in [1.807, 2.05) is 32.1 Å². The smallest absolute Gasteiger partial charge is 0.112 e. The number of nitrogens with zero attached hydrogens (tertiary/aromatic N) is 2. The predicted molar refractivity (Wildman–Crippen MR) is 99.0 cm³/mol. The molecule has 1 atom stereocenters. The third-order valence-corrected chi connectivity index (χ3v) is 3.53. The SMILES string of the molecule is C=C/C(=C\C=C/C)C(N(C)C)N(C(=C)C)c1ccccc1C. The van der Waals surface area contributed by atoms with Crippen molar-refractivity contribution in [2.75, 3.05) is 19.0 Å². The van der Waals surface area contributed by atoms with E-state index in [-0.39, 0.29) is 6.17 Å². The van der Waals surface area contributed by atoms with Crippen molar-refractivity contribution in [3.05, 3.63) is 78.6 Å². The van der Waals surface area contributed by atoms with Crippen molar-refractivity contribution < 1.29 is 0 Å². The van der Waals surface area contributed by atoms with Gasteiger partial charge in [0.2, 0.25) is 0 Å². The molecule has 0 spiro atoms. The standard InChI is InChI=1S/C20H28N2/c1-8-10-14-18(9-2)20(21(6)7)22(16(3)4)19-15-12-11-13-17(19)5/h8-15,20H,2-3H2,1,4-7H3/b10-8-,18-14+. The van der Waals surface area contributed by atoms with Gasteiger partial charge in [0.25, 0.3) is 0 Å². The van der Waals surface area contributed by atoms with Gasteiger partial charge in [0.05, 0.1) is 0 Å². The van der Waals surface area contributed by atoms with Crippen LogP contribution >= 0.6 is 0 Å². The van der Waals surface area contributed by atoms with Crippen LogP contribution in [0.25, 0.3) is 0 Å². The maximum absolute atomic E-state index is 4.19. The van der Waals surface area contributed by atoms with E-state index < -0.39 is 0 Å². The number of likely N-dealkylation sites (N-methyl/N-ethyl adjacent to an activating group) is 1. The first kappa shape index (κ1) is 18.0. The Morgan fingerprint density at radius 3 is 2.32 bits per heavy atom. The van der Waals surface area contributed by atoms with Crippen molar-refractivity contribution >= 4 is 5.69 Å². The summed E-state index contributed by atoms with van der Waals surface area (Å²) in [5.41, 5.74) is 4.53. The molecule has 0 saturated carbocycles. The topological polar surface area (TPSA) is 6.48 Å². The third-order valence-electron chi connectivity index (χ3n) is 3.53. The second kappa shape index (κ2) is 8.40. The summed E-state index contributed by atoms with van der Waals surface area (Å²) in [4.78, 5) is 4.44. The van der Waals surface area contributed by atoms with Crippen molar-refractivity contribution in [3.8, 4) is 0 Å². The van der Waals surface area contributed by atoms with Gasteiger partial charge >= 0.3 is 0 Å². The van der Waals surface area contributed by atoms with Crippen LogP contribution in [0.15, 0.2) is 73.0 Å². The van der Waals surface area contributed by atoms with Gasteiger partial charge in [-0.25, -0.2) is 0 Å². The Labute approximate surface area is 135 Å². The van der Waals surface area contributed by atoms with E-state index in [9.17, 15) is 0 Å². The monoisotopic (exact) mass is 296 g/mol. The molecule has 118 valence electrons. The summed E-state index contributed by atoms with van der Waals surface area (Å²) < 4.78 is 0. The van der Waals surface area contributed by atoms with E-state index in [0.29, 0.717) is 0 Å². The van der Waals surface area contributed by atoms with Gasteiger partial charge in [-0.05, 0) is 52.1 Å². The molecule has 0 radical (unpaired) electrons. The number of hydrogen-bond acceptors (Lipinski definition) is 2. The van der Waals surface area contributed by atoms with Gasteiger partial charge in [0.1, 0.15) is 6.17 Å². The highest BCUT2D eigenvalue weighted by Crippen LogP contribution is 2.29. The van der Waals surface area contributed by atoms with Gasteiger partial charge in [-0.2, -0.15) is 0 Å². The molecule has 1 aromatic rings. The summed E-state index contributed by atoms with van der Waals surface area (Å²) in [6.07, 6.45) is 8.13. The summed E-state index contributed by atoms with van der Waals surface area (Å²) in [5.74, 6) is 0. The normalized spacial score (nSPS) is 13.5. The Balaban J connectivity index is 3.45. The molecule has 0 saturated heterocycles. The van der Waals surface area contributed by atoms with Crippen LogP contribution in [0.1, 0.15) is 19.4 Å². The van der Waals surface area contributed by atoms with Gasteiger partial charge in [0, 0.05) is 11.4 Å². The maximum Gasteiger partial charge on any atom is 0.112 e. The molecule has 1 rings (SSSR count). The van der Waals surface area contributed by atoms with Gasteiger partial charge in [-0.1, -0.05) is 55.7 Å². The summed E-state index contributed by atoms with van der Waals surface area (Å²) >= 11 is 0. The molecule has 0 fully saturated rings. The zero-order valence-corrected chi connectivity index (χ0v) is 14.5. The Morgan fingerprint density at radius 1 is 1.23 bits per heavy atom. The van der Waals surface area contributed by atoms with Crippen LogP contribution in [0.3, 0.4) is 0 Å². The van der Waals surface area contributed by atoms with Gasteiger partial charge in [-0.15, -0.1) is 0 Å². The molecular weight excluding hydrogens is 268 g/mol. The molecule has 0 aliphatic heterocycles. The van der Waals surface area contributed by atoms with Crippen molar-refractivity contribution in [3.63, 3.8) is 0 Å². The second-order valence-electron chi connectivity index (χ2n) is 5.63. The minimum absolute atomic E-state index is 0.0484. The first-order valence-corrected chi connectivity index (χ1v) is 7.56. The van der Waals surface area contributed by atoms with E-state index in [0.717, 1.165) is 11.3 Å². The Hall–Kier alpha value is -2.06. The minimum Gasteiger partial charge on any atom is -0.325 e. The summed E-state index contributed by atoms with van der Waals surface area (Å²) in [6, 6.07) is 8.39. The molecule has 0 bridgehead atoms. The number of aryl methyl sites for hydroxylation is 1. The van der Waals surface area contributed by atoms with Crippen LogP contribution in [0.4, 0.5) is 5.69 Å². The van der Waals surface area contributed by atoms with Gasteiger partial charge in [0.15, 0.2) is 0 Å². The molecule has 1 unspecified atom stereocenters. The lowest BCUT2D eigenvalue weighted by Crippen LogP contribution is -2.45. The third kappa shape index (κ3) is 4.22. The Morgan fingerprint density at radius 2 is 1.86 bits per heavy atom. The lowest BCUT2D eigenvalue weighted by atomic mass is 10.1. The molecule has 2 heteroatoms. The summed E-state index contributed by atoms with van der Waals surface area (Å²) in [6.45, 7) is 14.4. The van der Waals surface area contributed by atoms with Crippen molar-refractivity contribution in [2.45, 2.75) is 26.9 Å². The summed E-state index contributed by atoms with van der Waals surface area (Å²) in [7, 11) is 4.15. The Kier molecular flexibility index (Phi) is 6.87. The number of anilines is 1. The average Bonchev–Trinajstić information content (AvgIpc) is 2.47. The lowest BCUT2D eigenvalue weighted by Gasteiger charge is -2.39. The zero-order valence-electron chi connectivity index (χ0n) is 14.5. The van der Waals surface area contributed by atoms with Crippen molar-refractivity contribution in [1.82, 2.24) is 4.90 Å². The number of allylic oxidation sites excluding steroid dienone is 4. The zero-order chi connectivity index (χ0) is 16.7. The summed E-state index contributed by atoms with van der Waals surface area (Å²) in [5, 5.41) is 0. The fraction of sp³-hybridized carbons (Fsp3) is 0.300. The van der Waals surface area contributed by atoms with Gasteiger partial charge in [-0.3, -0.25) is 4.90 Å². The number of benzene rings is 1. The molecule has 0 aliphatic carbocycles. The van der Waals surface area contributed by atoms with E-state index in [1.54, 1.807) is 0 Å². The molecule has 22 heavy (non-hydrogen) atoms. The fourth-order valence-corrected chi connectivity index (χ4v) is 2.52. The second-order valence-corrected chi connectivity index (χ2v) is 5.63. The molecule has 0 heterocycles. The molecular formula is C20H28N2. The van der Waals surface area contributed by atoms with E-state index in [4.69, 9.17) is 0 Å². The van der Waals surface area contributed by atoms with E-state index in [2.05, 4.69) is 74.3 Å². The van der Waals surface area contributed by atoms with Gasteiger partial charge < -0.3 is 4.90 Å². The Bertz CT molecular complexity index is 579. The van der Waals surface area contributed by atoms with Crippen LogP contribution in [-0.4, -0.2) is 25.2 Å². The van der Waals surface area contributed by atoms with E-state index >= 15 is 0 Å². The quantitative estimate of drug-likeness (QED) is 0.521. The van der Waals surface area contributed by atoms with Crippen molar-refractivity contribution in [1.29, 1.82) is 0 Å². The molecule has 0 aromatic heterocycles. The lowest BCUT2D eigenvalue weighted by molar-refractivity contribution is 0.332. The first-order valence-electron chi connectivity index (χ1n) is 7.56. The largest absolute Gasteiger partial charge is 0.325 e. The highest BCUT2D eigenvalue weighted by Gasteiger charge is 2.25. The molecule has 1 aromatic carbocycles. The minimum atomic E-state index is 0.0484. The van der Waals surface area contributed by atoms with Crippen molar-refractivity contribution in [2.24, 2.45) is 0 Å². The molecule has 0 N–H and O–H groups in total. The van der Waals surface area contributed by atoms with Crippen LogP contribution in [0, 0.1) is 6.92 Å². The van der Waals surface area contributed by atoms with Crippen LogP contribution < -0.4 is 4.90 Å². The predicted octanol–water partition coefficient (Wildman–Crippen LogP) is 4.91.